The maximum atomic E-state index is 12.8. The number of anilines is 1. The third-order valence-electron chi connectivity index (χ3n) is 5.56. The summed E-state index contributed by atoms with van der Waals surface area (Å²) in [5.41, 5.74) is 0.649. The number of hydrogen-bond donors (Lipinski definition) is 0. The molecule has 2 fully saturated rings. The third-order valence-corrected chi connectivity index (χ3v) is 5.56. The molecule has 1 aromatic rings. The van der Waals surface area contributed by atoms with Crippen LogP contribution in [-0.4, -0.2) is 59.4 Å². The predicted molar refractivity (Wildman–Crippen MR) is 95.3 cm³/mol. The van der Waals surface area contributed by atoms with Crippen molar-refractivity contribution in [3.05, 3.63) is 30.0 Å². The number of hydrogen-bond acceptors (Lipinski definition) is 5. The second-order valence-corrected chi connectivity index (χ2v) is 7.49. The van der Waals surface area contributed by atoms with E-state index in [4.69, 9.17) is 4.74 Å². The molecule has 1 spiro atoms. The van der Waals surface area contributed by atoms with Crippen molar-refractivity contribution >= 4 is 11.7 Å². The molecule has 134 valence electrons. The van der Waals surface area contributed by atoms with Gasteiger partial charge in [-0.05, 0) is 44.7 Å². The first-order valence-corrected chi connectivity index (χ1v) is 9.28. The van der Waals surface area contributed by atoms with Crippen molar-refractivity contribution in [2.45, 2.75) is 38.2 Å². The molecule has 1 aromatic heterocycles. The predicted octanol–water partition coefficient (Wildman–Crippen LogP) is 1.95. The number of amides is 1. The summed E-state index contributed by atoms with van der Waals surface area (Å²) in [5.74, 6) is 1.33. The van der Waals surface area contributed by atoms with Crippen LogP contribution >= 0.6 is 0 Å². The Bertz CT molecular complexity index is 648. The van der Waals surface area contributed by atoms with Gasteiger partial charge in [0.05, 0.1) is 25.4 Å². The largest absolute Gasteiger partial charge is 0.369 e. The number of aryl methyl sites for hydroxylation is 1. The Labute approximate surface area is 148 Å². The average Bonchev–Trinajstić information content (AvgIpc) is 3.16. The van der Waals surface area contributed by atoms with Gasteiger partial charge in [0, 0.05) is 19.0 Å². The molecule has 1 unspecified atom stereocenters. The first kappa shape index (κ1) is 16.5. The monoisotopic (exact) mass is 342 g/mol. The number of morpholine rings is 1. The van der Waals surface area contributed by atoms with Gasteiger partial charge >= 0.3 is 0 Å². The number of piperidine rings is 1. The average molecular weight is 342 g/mol. The van der Waals surface area contributed by atoms with Crippen molar-refractivity contribution in [3.63, 3.8) is 0 Å². The van der Waals surface area contributed by atoms with Crippen LogP contribution in [0.1, 0.15) is 31.4 Å². The zero-order valence-corrected chi connectivity index (χ0v) is 14.9. The summed E-state index contributed by atoms with van der Waals surface area (Å²) < 4.78 is 6.23. The van der Waals surface area contributed by atoms with Gasteiger partial charge in [-0.25, -0.2) is 0 Å². The molecule has 0 radical (unpaired) electrons. The highest BCUT2D eigenvalue weighted by molar-refractivity contribution is 5.80. The molecule has 2 aliphatic heterocycles. The number of carbonyl (C=O) groups excluding carboxylic acids is 1. The van der Waals surface area contributed by atoms with Crippen LogP contribution in [0, 0.1) is 12.8 Å². The number of aromatic nitrogens is 2. The van der Waals surface area contributed by atoms with E-state index in [0.717, 1.165) is 50.3 Å². The zero-order valence-electron chi connectivity index (χ0n) is 14.9. The van der Waals surface area contributed by atoms with Gasteiger partial charge in [-0.1, -0.05) is 12.2 Å². The van der Waals surface area contributed by atoms with Crippen molar-refractivity contribution in [2.24, 2.45) is 5.92 Å². The smallest absolute Gasteiger partial charge is 0.226 e. The van der Waals surface area contributed by atoms with Gasteiger partial charge in [0.1, 0.15) is 5.60 Å². The molecule has 1 aliphatic carbocycles. The minimum Gasteiger partial charge on any atom is -0.369 e. The lowest BCUT2D eigenvalue weighted by molar-refractivity contribution is -0.155. The third kappa shape index (κ3) is 3.40. The minimum absolute atomic E-state index is 0.137. The van der Waals surface area contributed by atoms with E-state index in [-0.39, 0.29) is 11.5 Å². The van der Waals surface area contributed by atoms with Gasteiger partial charge in [0.25, 0.3) is 0 Å². The van der Waals surface area contributed by atoms with Crippen LogP contribution in [0.2, 0.25) is 0 Å². The lowest BCUT2D eigenvalue weighted by Gasteiger charge is -2.48. The zero-order chi connectivity index (χ0) is 17.3. The fourth-order valence-electron chi connectivity index (χ4n) is 4.21. The Kier molecular flexibility index (Phi) is 4.46. The maximum Gasteiger partial charge on any atom is 0.226 e. The van der Waals surface area contributed by atoms with Gasteiger partial charge in [-0.3, -0.25) is 4.79 Å². The van der Waals surface area contributed by atoms with Crippen LogP contribution in [0.25, 0.3) is 0 Å². The summed E-state index contributed by atoms with van der Waals surface area (Å²) >= 11 is 0. The second kappa shape index (κ2) is 6.75. The van der Waals surface area contributed by atoms with Crippen molar-refractivity contribution in [1.82, 2.24) is 15.1 Å². The molecule has 6 nitrogen and oxygen atoms in total. The number of ether oxygens (including phenoxy) is 1. The van der Waals surface area contributed by atoms with Crippen LogP contribution in [-0.2, 0) is 9.53 Å². The number of rotatable bonds is 2. The van der Waals surface area contributed by atoms with E-state index in [1.54, 1.807) is 0 Å². The topological polar surface area (TPSA) is 58.6 Å². The summed E-state index contributed by atoms with van der Waals surface area (Å²) in [6.45, 7) is 5.71. The maximum absolute atomic E-state index is 12.8. The Morgan fingerprint density at radius 3 is 2.80 bits per heavy atom. The molecule has 0 saturated carbocycles. The standard InChI is InChI=1S/C19H26N4O2/c1-15-7-8-17(21-20-15)22-10-4-9-19(13-22)14-23(11-12-25-19)18(24)16-5-2-3-6-16/h2-3,7-8,16H,4-6,9-14H2,1H3. The van der Waals surface area contributed by atoms with E-state index in [2.05, 4.69) is 27.2 Å². The summed E-state index contributed by atoms with van der Waals surface area (Å²) in [4.78, 5) is 17.1. The van der Waals surface area contributed by atoms with Crippen LogP contribution < -0.4 is 4.90 Å². The van der Waals surface area contributed by atoms with Crippen molar-refractivity contribution in [3.8, 4) is 0 Å². The lowest BCUT2D eigenvalue weighted by Crippen LogP contribution is -2.61. The lowest BCUT2D eigenvalue weighted by atomic mass is 9.90. The van der Waals surface area contributed by atoms with Crippen molar-refractivity contribution < 1.29 is 9.53 Å². The molecule has 1 amide bonds. The Hall–Kier alpha value is -1.95. The SMILES string of the molecule is Cc1ccc(N2CCCC3(CN(C(=O)C4CC=CC4)CCO3)C2)nn1. The van der Waals surface area contributed by atoms with E-state index in [9.17, 15) is 4.79 Å². The molecule has 3 heterocycles. The fourth-order valence-corrected chi connectivity index (χ4v) is 4.21. The highest BCUT2D eigenvalue weighted by Gasteiger charge is 2.43. The fraction of sp³-hybridized carbons (Fsp3) is 0.632. The van der Waals surface area contributed by atoms with Gasteiger partial charge in [-0.2, -0.15) is 5.10 Å². The molecule has 25 heavy (non-hydrogen) atoms. The quantitative estimate of drug-likeness (QED) is 0.769. The summed E-state index contributed by atoms with van der Waals surface area (Å²) in [7, 11) is 0. The van der Waals surface area contributed by atoms with Crippen molar-refractivity contribution in [1.29, 1.82) is 0 Å². The van der Waals surface area contributed by atoms with Crippen LogP contribution in [0.4, 0.5) is 5.82 Å². The van der Waals surface area contributed by atoms with Gasteiger partial charge in [0.15, 0.2) is 5.82 Å². The van der Waals surface area contributed by atoms with E-state index < -0.39 is 0 Å². The Morgan fingerprint density at radius 2 is 2.04 bits per heavy atom. The molecule has 6 heteroatoms. The normalized spacial score (nSPS) is 27.2. The van der Waals surface area contributed by atoms with E-state index in [1.807, 2.05) is 24.0 Å². The molecule has 4 rings (SSSR count). The molecule has 0 bridgehead atoms. The van der Waals surface area contributed by atoms with Gasteiger partial charge in [-0.15, -0.1) is 5.10 Å². The molecule has 0 aromatic carbocycles. The van der Waals surface area contributed by atoms with Crippen LogP contribution in [0.5, 0.6) is 0 Å². The highest BCUT2D eigenvalue weighted by atomic mass is 16.5. The Balaban J connectivity index is 1.46. The van der Waals surface area contributed by atoms with E-state index in [0.29, 0.717) is 25.6 Å². The summed E-state index contributed by atoms with van der Waals surface area (Å²) in [5, 5.41) is 8.51. The minimum atomic E-state index is -0.273. The van der Waals surface area contributed by atoms with Crippen LogP contribution in [0.15, 0.2) is 24.3 Å². The molecule has 0 N–H and O–H groups in total. The number of nitrogens with zero attached hydrogens (tertiary/aromatic N) is 4. The Morgan fingerprint density at radius 1 is 1.20 bits per heavy atom. The van der Waals surface area contributed by atoms with Gasteiger partial charge in [0.2, 0.25) is 5.91 Å². The first-order valence-electron chi connectivity index (χ1n) is 9.28. The molecule has 1 atom stereocenters. The molecule has 2 saturated heterocycles. The van der Waals surface area contributed by atoms with E-state index in [1.165, 1.54) is 0 Å². The van der Waals surface area contributed by atoms with Crippen molar-refractivity contribution in [2.75, 3.05) is 37.7 Å². The number of carbonyl (C=O) groups is 1. The summed E-state index contributed by atoms with van der Waals surface area (Å²) in [6.07, 6.45) is 8.05. The molecular weight excluding hydrogens is 316 g/mol. The highest BCUT2D eigenvalue weighted by Crippen LogP contribution is 2.32. The van der Waals surface area contributed by atoms with E-state index >= 15 is 0 Å². The van der Waals surface area contributed by atoms with Crippen LogP contribution in [0.3, 0.4) is 0 Å². The molecular formula is C19H26N4O2. The molecule has 3 aliphatic rings. The second-order valence-electron chi connectivity index (χ2n) is 7.49. The summed E-state index contributed by atoms with van der Waals surface area (Å²) in [6, 6.07) is 4.02. The van der Waals surface area contributed by atoms with Gasteiger partial charge < -0.3 is 14.5 Å². The first-order chi connectivity index (χ1) is 12.2. The number of allylic oxidation sites excluding steroid dienone is 2.